The maximum atomic E-state index is 13.2. The molecule has 0 spiro atoms. The Balaban J connectivity index is 1.51. The largest absolute Gasteiger partial charge is 0.493 e. The van der Waals surface area contributed by atoms with E-state index in [-0.39, 0.29) is 36.5 Å². The van der Waals surface area contributed by atoms with Crippen LogP contribution in [0.15, 0.2) is 42.5 Å². The molecule has 29 heavy (non-hydrogen) atoms. The van der Waals surface area contributed by atoms with Crippen LogP contribution in [0.3, 0.4) is 0 Å². The standard InChI is InChI=1S/C22H25FN2O4/c1-28-19-7-6-15(11-20(19)29-2)8-9-25-14-17(12-21(25)26)22(27)24-13-16-4-3-5-18(23)10-16/h3-7,10-11,17H,8-9,12-14H2,1-2H3,(H,24,27)/t17-/m1/s1. The number of amides is 2. The van der Waals surface area contributed by atoms with E-state index in [0.29, 0.717) is 36.6 Å². The molecule has 2 aromatic rings. The summed E-state index contributed by atoms with van der Waals surface area (Å²) >= 11 is 0. The first kappa shape index (κ1) is 20.6. The molecular weight excluding hydrogens is 375 g/mol. The first-order valence-corrected chi connectivity index (χ1v) is 9.51. The van der Waals surface area contributed by atoms with E-state index < -0.39 is 0 Å². The minimum Gasteiger partial charge on any atom is -0.493 e. The Labute approximate surface area is 169 Å². The van der Waals surface area contributed by atoms with Crippen LogP contribution >= 0.6 is 0 Å². The van der Waals surface area contributed by atoms with Gasteiger partial charge in [0.25, 0.3) is 0 Å². The van der Waals surface area contributed by atoms with Gasteiger partial charge < -0.3 is 19.7 Å². The Kier molecular flexibility index (Phi) is 6.69. The average molecular weight is 400 g/mol. The molecule has 1 N–H and O–H groups in total. The van der Waals surface area contributed by atoms with E-state index in [1.165, 1.54) is 12.1 Å². The smallest absolute Gasteiger partial charge is 0.225 e. The number of rotatable bonds is 8. The van der Waals surface area contributed by atoms with Gasteiger partial charge in [0.05, 0.1) is 20.1 Å². The molecule has 1 saturated heterocycles. The lowest BCUT2D eigenvalue weighted by Crippen LogP contribution is -2.33. The number of ether oxygens (including phenoxy) is 2. The monoisotopic (exact) mass is 400 g/mol. The van der Waals surface area contributed by atoms with Crippen LogP contribution < -0.4 is 14.8 Å². The molecule has 7 heteroatoms. The van der Waals surface area contributed by atoms with Gasteiger partial charge in [0.2, 0.25) is 11.8 Å². The van der Waals surface area contributed by atoms with E-state index in [1.54, 1.807) is 31.3 Å². The number of likely N-dealkylation sites (tertiary alicyclic amines) is 1. The first-order chi connectivity index (χ1) is 14.0. The van der Waals surface area contributed by atoms with E-state index in [4.69, 9.17) is 9.47 Å². The number of carbonyl (C=O) groups is 2. The second kappa shape index (κ2) is 9.41. The van der Waals surface area contributed by atoms with Gasteiger partial charge in [-0.1, -0.05) is 18.2 Å². The van der Waals surface area contributed by atoms with Crippen molar-refractivity contribution in [3.05, 3.63) is 59.4 Å². The van der Waals surface area contributed by atoms with Gasteiger partial charge in [0.1, 0.15) is 5.82 Å². The zero-order valence-electron chi connectivity index (χ0n) is 16.6. The molecule has 0 aliphatic carbocycles. The molecule has 0 unspecified atom stereocenters. The summed E-state index contributed by atoms with van der Waals surface area (Å²) in [5.41, 5.74) is 1.71. The third kappa shape index (κ3) is 5.25. The Bertz CT molecular complexity index is 887. The van der Waals surface area contributed by atoms with Crippen molar-refractivity contribution in [3.8, 4) is 11.5 Å². The molecule has 1 aliphatic heterocycles. The summed E-state index contributed by atoms with van der Waals surface area (Å²) in [7, 11) is 3.17. The van der Waals surface area contributed by atoms with Gasteiger partial charge in [-0.05, 0) is 41.8 Å². The van der Waals surface area contributed by atoms with Crippen LogP contribution in [0, 0.1) is 11.7 Å². The summed E-state index contributed by atoms with van der Waals surface area (Å²) in [5, 5.41) is 2.80. The lowest BCUT2D eigenvalue weighted by atomic mass is 10.1. The molecular formula is C22H25FN2O4. The van der Waals surface area contributed by atoms with Crippen molar-refractivity contribution in [3.63, 3.8) is 0 Å². The van der Waals surface area contributed by atoms with Gasteiger partial charge in [-0.15, -0.1) is 0 Å². The molecule has 0 radical (unpaired) electrons. The number of hydrogen-bond donors (Lipinski definition) is 1. The summed E-state index contributed by atoms with van der Waals surface area (Å²) in [4.78, 5) is 26.4. The number of nitrogens with one attached hydrogen (secondary N) is 1. The quantitative estimate of drug-likeness (QED) is 0.740. The second-order valence-corrected chi connectivity index (χ2v) is 7.03. The summed E-state index contributed by atoms with van der Waals surface area (Å²) in [5.74, 6) is 0.360. The van der Waals surface area contributed by atoms with Crippen LogP contribution in [0.1, 0.15) is 17.5 Å². The van der Waals surface area contributed by atoms with E-state index in [1.807, 2.05) is 18.2 Å². The van der Waals surface area contributed by atoms with E-state index in [9.17, 15) is 14.0 Å². The van der Waals surface area contributed by atoms with E-state index in [2.05, 4.69) is 5.32 Å². The van der Waals surface area contributed by atoms with Crippen molar-refractivity contribution in [1.82, 2.24) is 10.2 Å². The van der Waals surface area contributed by atoms with Gasteiger partial charge in [0, 0.05) is 26.1 Å². The summed E-state index contributed by atoms with van der Waals surface area (Å²) in [6.45, 7) is 1.16. The minimum absolute atomic E-state index is 0.0311. The zero-order chi connectivity index (χ0) is 20.8. The SMILES string of the molecule is COc1ccc(CCN2C[C@H](C(=O)NCc3cccc(F)c3)CC2=O)cc1OC. The predicted molar refractivity (Wildman–Crippen MR) is 106 cm³/mol. The lowest BCUT2D eigenvalue weighted by molar-refractivity contribution is -0.129. The lowest BCUT2D eigenvalue weighted by Gasteiger charge is -2.17. The fourth-order valence-electron chi connectivity index (χ4n) is 3.44. The van der Waals surface area contributed by atoms with Crippen LogP contribution in [0.5, 0.6) is 11.5 Å². The van der Waals surface area contributed by atoms with E-state index in [0.717, 1.165) is 5.56 Å². The van der Waals surface area contributed by atoms with Crippen LogP contribution in [-0.2, 0) is 22.6 Å². The van der Waals surface area contributed by atoms with Crippen molar-refractivity contribution in [2.24, 2.45) is 5.92 Å². The molecule has 1 heterocycles. The summed E-state index contributed by atoms with van der Waals surface area (Å²) in [6, 6.07) is 11.8. The molecule has 0 bridgehead atoms. The van der Waals surface area contributed by atoms with Gasteiger partial charge in [-0.3, -0.25) is 9.59 Å². The average Bonchev–Trinajstić information content (AvgIpc) is 3.11. The molecule has 6 nitrogen and oxygen atoms in total. The highest BCUT2D eigenvalue weighted by Gasteiger charge is 2.33. The fraction of sp³-hybridized carbons (Fsp3) is 0.364. The third-order valence-electron chi connectivity index (χ3n) is 5.06. The van der Waals surface area contributed by atoms with Crippen LogP contribution in [-0.4, -0.2) is 44.0 Å². The van der Waals surface area contributed by atoms with Crippen LogP contribution in [0.25, 0.3) is 0 Å². The van der Waals surface area contributed by atoms with Gasteiger partial charge in [0.15, 0.2) is 11.5 Å². The molecule has 1 atom stereocenters. The molecule has 0 saturated carbocycles. The van der Waals surface area contributed by atoms with Gasteiger partial charge in [-0.25, -0.2) is 4.39 Å². The number of nitrogens with zero attached hydrogens (tertiary/aromatic N) is 1. The molecule has 1 fully saturated rings. The highest BCUT2D eigenvalue weighted by molar-refractivity contribution is 5.89. The second-order valence-electron chi connectivity index (χ2n) is 7.03. The van der Waals surface area contributed by atoms with Crippen molar-refractivity contribution in [1.29, 1.82) is 0 Å². The summed E-state index contributed by atoms with van der Waals surface area (Å²) in [6.07, 6.45) is 0.852. The zero-order valence-corrected chi connectivity index (χ0v) is 16.6. The Morgan fingerprint density at radius 1 is 1.14 bits per heavy atom. The number of hydrogen-bond acceptors (Lipinski definition) is 4. The Morgan fingerprint density at radius 2 is 1.93 bits per heavy atom. The normalized spacial score (nSPS) is 16.0. The molecule has 2 aromatic carbocycles. The van der Waals surface area contributed by atoms with E-state index >= 15 is 0 Å². The molecule has 0 aromatic heterocycles. The van der Waals surface area contributed by atoms with Gasteiger partial charge in [-0.2, -0.15) is 0 Å². The maximum absolute atomic E-state index is 13.2. The number of benzene rings is 2. The van der Waals surface area contributed by atoms with Crippen molar-refractivity contribution in [2.75, 3.05) is 27.3 Å². The minimum atomic E-state index is -0.388. The highest BCUT2D eigenvalue weighted by Crippen LogP contribution is 2.28. The van der Waals surface area contributed by atoms with Crippen LogP contribution in [0.2, 0.25) is 0 Å². The number of halogens is 1. The molecule has 154 valence electrons. The topological polar surface area (TPSA) is 67.9 Å². The molecule has 1 aliphatic rings. The fourth-order valence-corrected chi connectivity index (χ4v) is 3.44. The Morgan fingerprint density at radius 3 is 2.66 bits per heavy atom. The number of methoxy groups -OCH3 is 2. The number of carbonyl (C=O) groups excluding carboxylic acids is 2. The third-order valence-corrected chi connectivity index (χ3v) is 5.06. The van der Waals surface area contributed by atoms with Crippen LogP contribution in [0.4, 0.5) is 4.39 Å². The van der Waals surface area contributed by atoms with Crippen molar-refractivity contribution < 1.29 is 23.5 Å². The first-order valence-electron chi connectivity index (χ1n) is 9.51. The highest BCUT2D eigenvalue weighted by atomic mass is 19.1. The van der Waals surface area contributed by atoms with Crippen molar-refractivity contribution >= 4 is 11.8 Å². The summed E-state index contributed by atoms with van der Waals surface area (Å²) < 4.78 is 23.8. The van der Waals surface area contributed by atoms with Gasteiger partial charge >= 0.3 is 0 Å². The molecule has 2 amide bonds. The Hall–Kier alpha value is -3.09. The predicted octanol–water partition coefficient (Wildman–Crippen LogP) is 2.55. The van der Waals surface area contributed by atoms with Crippen molar-refractivity contribution in [2.45, 2.75) is 19.4 Å². The molecule has 3 rings (SSSR count). The maximum Gasteiger partial charge on any atom is 0.225 e.